The summed E-state index contributed by atoms with van der Waals surface area (Å²) in [5.74, 6) is 0.497. The maximum absolute atomic E-state index is 12.5. The average Bonchev–Trinajstić information content (AvgIpc) is 3.19. The molecule has 0 bridgehead atoms. The van der Waals surface area contributed by atoms with E-state index >= 15 is 0 Å². The molecule has 0 spiro atoms. The van der Waals surface area contributed by atoms with Crippen molar-refractivity contribution in [3.63, 3.8) is 0 Å². The summed E-state index contributed by atoms with van der Waals surface area (Å²) < 4.78 is 10.8. The molecule has 0 N–H and O–H groups in total. The van der Waals surface area contributed by atoms with Gasteiger partial charge in [0.15, 0.2) is 0 Å². The molecule has 0 unspecified atom stereocenters. The van der Waals surface area contributed by atoms with Crippen molar-refractivity contribution in [1.29, 1.82) is 0 Å². The zero-order valence-electron chi connectivity index (χ0n) is 15.5. The van der Waals surface area contributed by atoms with Crippen molar-refractivity contribution in [3.8, 4) is 22.8 Å². The van der Waals surface area contributed by atoms with Crippen LogP contribution >= 0.6 is 11.6 Å². The van der Waals surface area contributed by atoms with Crippen molar-refractivity contribution in [3.05, 3.63) is 64.0 Å². The van der Waals surface area contributed by atoms with Crippen LogP contribution in [0.15, 0.2) is 62.3 Å². The molecular weight excluding hydrogens is 378 g/mol. The topological polar surface area (TPSA) is 72.4 Å². The predicted octanol–water partition coefficient (Wildman–Crippen LogP) is 5.01. The lowest BCUT2D eigenvalue weighted by Gasteiger charge is -2.20. The zero-order valence-corrected chi connectivity index (χ0v) is 16.2. The highest BCUT2D eigenvalue weighted by Crippen LogP contribution is 2.26. The minimum atomic E-state index is -0.518. The first-order chi connectivity index (χ1) is 13.6. The highest BCUT2D eigenvalue weighted by Gasteiger charge is 2.16. The Balaban J connectivity index is 1.73. The maximum atomic E-state index is 12.5. The number of hydrogen-bond donors (Lipinski definition) is 0. The first-order valence-electron chi connectivity index (χ1n) is 9.02. The van der Waals surface area contributed by atoms with Crippen molar-refractivity contribution < 1.29 is 8.94 Å². The normalized spacial score (nSPS) is 11.1. The number of anilines is 1. The van der Waals surface area contributed by atoms with Gasteiger partial charge >= 0.3 is 5.63 Å². The van der Waals surface area contributed by atoms with E-state index in [9.17, 15) is 4.79 Å². The third-order valence-corrected chi connectivity index (χ3v) is 4.86. The van der Waals surface area contributed by atoms with Crippen LogP contribution in [0.1, 0.15) is 13.8 Å². The van der Waals surface area contributed by atoms with Gasteiger partial charge in [0.1, 0.15) is 11.1 Å². The van der Waals surface area contributed by atoms with E-state index in [4.69, 9.17) is 20.5 Å². The summed E-state index contributed by atoms with van der Waals surface area (Å²) in [6, 6.07) is 14.6. The second kappa shape index (κ2) is 7.48. The molecule has 6 nitrogen and oxygen atoms in total. The summed E-state index contributed by atoms with van der Waals surface area (Å²) >= 11 is 5.90. The summed E-state index contributed by atoms with van der Waals surface area (Å²) in [6.07, 6.45) is 0. The van der Waals surface area contributed by atoms with Crippen molar-refractivity contribution in [1.82, 2.24) is 10.1 Å². The molecule has 4 aromatic rings. The van der Waals surface area contributed by atoms with E-state index < -0.39 is 5.63 Å². The lowest BCUT2D eigenvalue weighted by atomic mass is 10.1. The number of hydrogen-bond acceptors (Lipinski definition) is 6. The van der Waals surface area contributed by atoms with Gasteiger partial charge in [0.25, 0.3) is 5.89 Å². The molecule has 4 rings (SSSR count). The number of fused-ring (bicyclic) bond motifs is 1. The standard InChI is InChI=1S/C21H18ClN3O3/c1-3-25(4-2)16-10-7-14-11-17(21(26)27-18(14)12-16)20-23-19(24-28-20)13-5-8-15(22)9-6-13/h5-12H,3-4H2,1-2H3. The number of aromatic nitrogens is 2. The van der Waals surface area contributed by atoms with Gasteiger partial charge in [-0.2, -0.15) is 4.98 Å². The van der Waals surface area contributed by atoms with Gasteiger partial charge in [0.2, 0.25) is 5.82 Å². The second-order valence-corrected chi connectivity index (χ2v) is 6.71. The molecule has 28 heavy (non-hydrogen) atoms. The zero-order chi connectivity index (χ0) is 19.7. The van der Waals surface area contributed by atoms with Crippen molar-refractivity contribution in [2.45, 2.75) is 13.8 Å². The molecule has 0 aliphatic rings. The van der Waals surface area contributed by atoms with Crippen LogP contribution in [0.2, 0.25) is 5.02 Å². The average molecular weight is 396 g/mol. The van der Waals surface area contributed by atoms with E-state index in [-0.39, 0.29) is 11.5 Å². The molecule has 0 amide bonds. The van der Waals surface area contributed by atoms with Crippen LogP contribution in [0.5, 0.6) is 0 Å². The molecule has 7 heteroatoms. The largest absolute Gasteiger partial charge is 0.422 e. The maximum Gasteiger partial charge on any atom is 0.349 e. The molecule has 0 aliphatic heterocycles. The molecule has 2 aromatic carbocycles. The van der Waals surface area contributed by atoms with Crippen LogP contribution in [0.25, 0.3) is 33.8 Å². The van der Waals surface area contributed by atoms with Gasteiger partial charge in [-0.25, -0.2) is 4.79 Å². The van der Waals surface area contributed by atoms with E-state index in [1.54, 1.807) is 30.3 Å². The van der Waals surface area contributed by atoms with Crippen molar-refractivity contribution >= 4 is 28.3 Å². The van der Waals surface area contributed by atoms with Crippen molar-refractivity contribution in [2.75, 3.05) is 18.0 Å². The van der Waals surface area contributed by atoms with Gasteiger partial charge in [0, 0.05) is 40.8 Å². The SMILES string of the molecule is CCN(CC)c1ccc2cc(-c3nc(-c4ccc(Cl)cc4)no3)c(=O)oc2c1. The summed E-state index contributed by atoms with van der Waals surface area (Å²) in [6.45, 7) is 5.92. The Morgan fingerprint density at radius 2 is 1.79 bits per heavy atom. The quantitative estimate of drug-likeness (QED) is 0.442. The summed E-state index contributed by atoms with van der Waals surface area (Å²) in [4.78, 5) is 19.0. The van der Waals surface area contributed by atoms with E-state index in [1.807, 2.05) is 18.2 Å². The van der Waals surface area contributed by atoms with Crippen LogP contribution in [0, 0.1) is 0 Å². The van der Waals surface area contributed by atoms with Crippen molar-refractivity contribution in [2.24, 2.45) is 0 Å². The lowest BCUT2D eigenvalue weighted by molar-refractivity contribution is 0.429. The van der Waals surface area contributed by atoms with Crippen LogP contribution < -0.4 is 10.5 Å². The highest BCUT2D eigenvalue weighted by atomic mass is 35.5. The van der Waals surface area contributed by atoms with Crippen LogP contribution in [-0.2, 0) is 0 Å². The van der Waals surface area contributed by atoms with Gasteiger partial charge < -0.3 is 13.8 Å². The van der Waals surface area contributed by atoms with E-state index in [1.165, 1.54) is 0 Å². The molecule has 0 atom stereocenters. The fourth-order valence-corrected chi connectivity index (χ4v) is 3.21. The van der Waals surface area contributed by atoms with Crippen LogP contribution in [0.4, 0.5) is 5.69 Å². The Morgan fingerprint density at radius 1 is 1.04 bits per heavy atom. The smallest absolute Gasteiger partial charge is 0.349 e. The molecule has 2 heterocycles. The number of benzene rings is 2. The lowest BCUT2D eigenvalue weighted by Crippen LogP contribution is -2.21. The fraction of sp³-hybridized carbons (Fsp3) is 0.190. The molecule has 0 fully saturated rings. The Kier molecular flexibility index (Phi) is 4.88. The Hall–Kier alpha value is -3.12. The highest BCUT2D eigenvalue weighted by molar-refractivity contribution is 6.30. The Bertz CT molecular complexity index is 1180. The van der Waals surface area contributed by atoms with Gasteiger partial charge in [0.05, 0.1) is 0 Å². The number of nitrogens with zero attached hydrogens (tertiary/aromatic N) is 3. The summed E-state index contributed by atoms with van der Waals surface area (Å²) in [7, 11) is 0. The molecule has 0 aliphatic carbocycles. The molecular formula is C21H18ClN3O3. The Morgan fingerprint density at radius 3 is 2.50 bits per heavy atom. The van der Waals surface area contributed by atoms with Gasteiger partial charge in [-0.3, -0.25) is 0 Å². The Labute approximate surface area is 166 Å². The molecule has 0 saturated heterocycles. The minimum absolute atomic E-state index is 0.119. The van der Waals surface area contributed by atoms with Gasteiger partial charge in [-0.05, 0) is 56.3 Å². The minimum Gasteiger partial charge on any atom is -0.422 e. The first-order valence-corrected chi connectivity index (χ1v) is 9.39. The second-order valence-electron chi connectivity index (χ2n) is 6.27. The molecule has 2 aromatic heterocycles. The van der Waals surface area contributed by atoms with Crippen LogP contribution in [0.3, 0.4) is 0 Å². The summed E-state index contributed by atoms with van der Waals surface area (Å²) in [5, 5.41) is 5.36. The summed E-state index contributed by atoms with van der Waals surface area (Å²) in [5.41, 5.74) is 1.99. The number of halogens is 1. The molecule has 142 valence electrons. The third kappa shape index (κ3) is 3.39. The van der Waals surface area contributed by atoms with E-state index in [2.05, 4.69) is 28.9 Å². The molecule has 0 radical (unpaired) electrons. The third-order valence-electron chi connectivity index (χ3n) is 4.61. The molecule has 0 saturated carbocycles. The first kappa shape index (κ1) is 18.3. The predicted molar refractivity (Wildman–Crippen MR) is 110 cm³/mol. The van der Waals surface area contributed by atoms with E-state index in [0.29, 0.717) is 16.4 Å². The number of rotatable bonds is 5. The van der Waals surface area contributed by atoms with E-state index in [0.717, 1.165) is 29.7 Å². The van der Waals surface area contributed by atoms with Gasteiger partial charge in [-0.15, -0.1) is 0 Å². The monoisotopic (exact) mass is 395 g/mol. The fourth-order valence-electron chi connectivity index (χ4n) is 3.08. The van der Waals surface area contributed by atoms with Gasteiger partial charge in [-0.1, -0.05) is 16.8 Å². The van der Waals surface area contributed by atoms with Crippen LogP contribution in [-0.4, -0.2) is 23.2 Å².